The molecule has 1 heterocycles. The van der Waals surface area contributed by atoms with Crippen LogP contribution in [0.25, 0.3) is 0 Å². The number of amides is 2. The Morgan fingerprint density at radius 1 is 1.37 bits per heavy atom. The number of likely N-dealkylation sites (N-methyl/N-ethyl adjacent to an activating group) is 2. The summed E-state index contributed by atoms with van der Waals surface area (Å²) in [7, 11) is 3.22. The Morgan fingerprint density at radius 2 is 2.11 bits per heavy atom. The second-order valence-electron chi connectivity index (χ2n) is 4.72. The normalized spacial score (nSPS) is 13.1. The van der Waals surface area contributed by atoms with Gasteiger partial charge in [-0.05, 0) is 18.1 Å². The summed E-state index contributed by atoms with van der Waals surface area (Å²) in [4.78, 5) is 26.8. The first-order valence-corrected chi connectivity index (χ1v) is 6.39. The lowest BCUT2D eigenvalue weighted by Crippen LogP contribution is -2.42. The highest BCUT2D eigenvalue weighted by Crippen LogP contribution is 2.26. The monoisotopic (exact) mass is 261 g/mol. The molecule has 1 aliphatic rings. The number of carbonyl (C=O) groups excluding carboxylic acids is 2. The van der Waals surface area contributed by atoms with Gasteiger partial charge in [-0.15, -0.1) is 0 Å². The molecule has 2 amide bonds. The molecule has 0 saturated carbocycles. The van der Waals surface area contributed by atoms with Gasteiger partial charge in [0.25, 0.3) is 0 Å². The van der Waals surface area contributed by atoms with Crippen molar-refractivity contribution in [3.63, 3.8) is 0 Å². The van der Waals surface area contributed by atoms with Crippen molar-refractivity contribution in [1.82, 2.24) is 10.2 Å². The van der Waals surface area contributed by atoms with Crippen molar-refractivity contribution in [2.75, 3.05) is 38.6 Å². The maximum atomic E-state index is 12.1. The molecule has 1 aliphatic heterocycles. The van der Waals surface area contributed by atoms with Crippen LogP contribution in [0.3, 0.4) is 0 Å². The zero-order valence-electron chi connectivity index (χ0n) is 11.3. The molecule has 1 N–H and O–H groups in total. The highest BCUT2D eigenvalue weighted by molar-refractivity contribution is 5.87. The molecule has 1 aromatic carbocycles. The fourth-order valence-electron chi connectivity index (χ4n) is 2.24. The second kappa shape index (κ2) is 5.73. The summed E-state index contributed by atoms with van der Waals surface area (Å²) in [5.74, 6) is -0.196. The van der Waals surface area contributed by atoms with Crippen molar-refractivity contribution in [3.8, 4) is 0 Å². The minimum atomic E-state index is -0.155. The number of anilines is 1. The Kier molecular flexibility index (Phi) is 4.04. The molecule has 1 aromatic rings. The van der Waals surface area contributed by atoms with Crippen molar-refractivity contribution >= 4 is 17.5 Å². The van der Waals surface area contributed by atoms with Crippen LogP contribution in [0.2, 0.25) is 0 Å². The highest BCUT2D eigenvalue weighted by atomic mass is 16.2. The number of benzene rings is 1. The summed E-state index contributed by atoms with van der Waals surface area (Å²) in [6.07, 6.45) is 0.975. The van der Waals surface area contributed by atoms with Crippen LogP contribution in [0.4, 0.5) is 5.69 Å². The first kappa shape index (κ1) is 13.4. The Balaban J connectivity index is 1.95. The molecule has 0 atom stereocenters. The van der Waals surface area contributed by atoms with Gasteiger partial charge in [-0.25, -0.2) is 0 Å². The molecule has 102 valence electrons. The Morgan fingerprint density at radius 3 is 2.84 bits per heavy atom. The summed E-state index contributed by atoms with van der Waals surface area (Å²) in [6, 6.07) is 8.13. The van der Waals surface area contributed by atoms with Gasteiger partial charge in [-0.1, -0.05) is 18.2 Å². The number of nitrogens with zero attached hydrogens (tertiary/aromatic N) is 2. The maximum Gasteiger partial charge on any atom is 0.242 e. The van der Waals surface area contributed by atoms with Crippen molar-refractivity contribution in [1.29, 1.82) is 0 Å². The Hall–Kier alpha value is -2.04. The van der Waals surface area contributed by atoms with Gasteiger partial charge in [0.05, 0.1) is 13.1 Å². The predicted octanol–water partition coefficient (Wildman–Crippen LogP) is 0.254. The topological polar surface area (TPSA) is 52.7 Å². The van der Waals surface area contributed by atoms with Gasteiger partial charge in [0, 0.05) is 26.3 Å². The molecule has 5 nitrogen and oxygen atoms in total. The molecule has 2 rings (SSSR count). The third kappa shape index (κ3) is 3.05. The molecule has 19 heavy (non-hydrogen) atoms. The van der Waals surface area contributed by atoms with E-state index < -0.39 is 0 Å². The lowest BCUT2D eigenvalue weighted by Gasteiger charge is -2.23. The smallest absolute Gasteiger partial charge is 0.242 e. The largest absolute Gasteiger partial charge is 0.362 e. The van der Waals surface area contributed by atoms with E-state index in [4.69, 9.17) is 0 Å². The van der Waals surface area contributed by atoms with E-state index in [0.29, 0.717) is 6.54 Å². The van der Waals surface area contributed by atoms with Crippen LogP contribution < -0.4 is 10.2 Å². The number of fused-ring (bicyclic) bond motifs is 1. The van der Waals surface area contributed by atoms with Gasteiger partial charge < -0.3 is 15.1 Å². The van der Waals surface area contributed by atoms with Crippen LogP contribution in [-0.4, -0.2) is 50.4 Å². The van der Waals surface area contributed by atoms with E-state index in [1.54, 1.807) is 14.1 Å². The van der Waals surface area contributed by atoms with Crippen LogP contribution in [0, 0.1) is 0 Å². The molecule has 0 saturated heterocycles. The summed E-state index contributed by atoms with van der Waals surface area (Å²) in [5.41, 5.74) is 2.41. The van der Waals surface area contributed by atoms with Crippen LogP contribution in [0.1, 0.15) is 5.56 Å². The number of rotatable bonds is 4. The van der Waals surface area contributed by atoms with E-state index in [2.05, 4.69) is 16.3 Å². The molecule has 0 radical (unpaired) electrons. The average molecular weight is 261 g/mol. The molecule has 0 aliphatic carbocycles. The van der Waals surface area contributed by atoms with Gasteiger partial charge in [0.2, 0.25) is 11.8 Å². The molecular formula is C14H19N3O2. The first-order valence-electron chi connectivity index (χ1n) is 6.39. The van der Waals surface area contributed by atoms with Gasteiger partial charge in [-0.3, -0.25) is 9.59 Å². The van der Waals surface area contributed by atoms with Crippen molar-refractivity contribution in [3.05, 3.63) is 29.8 Å². The zero-order chi connectivity index (χ0) is 13.8. The van der Waals surface area contributed by atoms with Crippen LogP contribution >= 0.6 is 0 Å². The number of hydrogen-bond donors (Lipinski definition) is 1. The zero-order valence-corrected chi connectivity index (χ0v) is 11.3. The predicted molar refractivity (Wildman–Crippen MR) is 74.1 cm³/mol. The van der Waals surface area contributed by atoms with Crippen LogP contribution in [0.5, 0.6) is 0 Å². The first-order chi connectivity index (χ1) is 9.11. The van der Waals surface area contributed by atoms with Crippen LogP contribution in [-0.2, 0) is 16.0 Å². The summed E-state index contributed by atoms with van der Waals surface area (Å²) in [5, 5.41) is 2.51. The summed E-state index contributed by atoms with van der Waals surface area (Å²) >= 11 is 0. The van der Waals surface area contributed by atoms with E-state index in [-0.39, 0.29) is 18.4 Å². The van der Waals surface area contributed by atoms with Crippen molar-refractivity contribution in [2.45, 2.75) is 6.42 Å². The Labute approximate surface area is 113 Å². The lowest BCUT2D eigenvalue weighted by molar-refractivity contribution is -0.133. The van der Waals surface area contributed by atoms with Gasteiger partial charge in [0.15, 0.2) is 0 Å². The molecule has 0 aromatic heterocycles. The minimum Gasteiger partial charge on any atom is -0.362 e. The van der Waals surface area contributed by atoms with E-state index in [1.807, 2.05) is 18.2 Å². The third-order valence-corrected chi connectivity index (χ3v) is 3.39. The van der Waals surface area contributed by atoms with Crippen molar-refractivity contribution < 1.29 is 9.59 Å². The third-order valence-electron chi connectivity index (χ3n) is 3.39. The number of para-hydroxylation sites is 1. The van der Waals surface area contributed by atoms with E-state index in [1.165, 1.54) is 10.5 Å². The van der Waals surface area contributed by atoms with E-state index >= 15 is 0 Å². The molecule has 0 spiro atoms. The van der Waals surface area contributed by atoms with Gasteiger partial charge in [-0.2, -0.15) is 0 Å². The number of hydrogen-bond acceptors (Lipinski definition) is 3. The average Bonchev–Trinajstić information content (AvgIpc) is 2.82. The number of nitrogens with one attached hydrogen (secondary N) is 1. The fourth-order valence-corrected chi connectivity index (χ4v) is 2.24. The van der Waals surface area contributed by atoms with Gasteiger partial charge in [0.1, 0.15) is 0 Å². The van der Waals surface area contributed by atoms with Crippen LogP contribution in [0.15, 0.2) is 24.3 Å². The number of carbonyl (C=O) groups is 2. The minimum absolute atomic E-state index is 0.0414. The summed E-state index contributed by atoms with van der Waals surface area (Å²) < 4.78 is 0. The molecular weight excluding hydrogens is 242 g/mol. The lowest BCUT2D eigenvalue weighted by atomic mass is 10.2. The van der Waals surface area contributed by atoms with E-state index in [0.717, 1.165) is 18.7 Å². The van der Waals surface area contributed by atoms with Crippen molar-refractivity contribution in [2.24, 2.45) is 0 Å². The standard InChI is InChI=1S/C14H19N3O2/c1-15-13(18)9-16(2)14(19)10-17-8-7-11-5-3-4-6-12(11)17/h3-6H,7-10H2,1-2H3,(H,15,18). The Bertz CT molecular complexity index is 487. The fraction of sp³-hybridized carbons (Fsp3) is 0.429. The maximum absolute atomic E-state index is 12.1. The highest BCUT2D eigenvalue weighted by Gasteiger charge is 2.22. The molecule has 0 bridgehead atoms. The molecule has 0 fully saturated rings. The van der Waals surface area contributed by atoms with E-state index in [9.17, 15) is 9.59 Å². The summed E-state index contributed by atoms with van der Waals surface area (Å²) in [6.45, 7) is 1.29. The molecule has 0 unspecified atom stereocenters. The SMILES string of the molecule is CNC(=O)CN(C)C(=O)CN1CCc2ccccc21. The molecule has 5 heteroatoms. The second-order valence-corrected chi connectivity index (χ2v) is 4.72. The van der Waals surface area contributed by atoms with Gasteiger partial charge >= 0.3 is 0 Å². The quantitative estimate of drug-likeness (QED) is 0.845.